The predicted molar refractivity (Wildman–Crippen MR) is 81.6 cm³/mol. The zero-order valence-corrected chi connectivity index (χ0v) is 12.4. The first kappa shape index (κ1) is 15.0. The summed E-state index contributed by atoms with van der Waals surface area (Å²) < 4.78 is 0. The van der Waals surface area contributed by atoms with Crippen molar-refractivity contribution in [1.82, 2.24) is 0 Å². The van der Waals surface area contributed by atoms with Crippen molar-refractivity contribution in [2.24, 2.45) is 0 Å². The molecule has 4 heteroatoms. The molecule has 104 valence electrons. The van der Waals surface area contributed by atoms with E-state index in [-0.39, 0.29) is 5.78 Å². The van der Waals surface area contributed by atoms with Gasteiger partial charge in [-0.2, -0.15) is 0 Å². The second-order valence-corrected chi connectivity index (χ2v) is 5.46. The molecule has 2 aromatic carbocycles. The van der Waals surface area contributed by atoms with E-state index < -0.39 is 6.10 Å². The molecule has 0 radical (unpaired) electrons. The Morgan fingerprint density at radius 1 is 1.15 bits per heavy atom. The Kier molecular flexibility index (Phi) is 4.81. The highest BCUT2D eigenvalue weighted by Crippen LogP contribution is 2.27. The van der Waals surface area contributed by atoms with Gasteiger partial charge < -0.3 is 5.11 Å². The van der Waals surface area contributed by atoms with Crippen LogP contribution in [0.3, 0.4) is 0 Å². The van der Waals surface area contributed by atoms with Gasteiger partial charge in [0.15, 0.2) is 5.78 Å². The van der Waals surface area contributed by atoms with E-state index in [1.165, 1.54) is 6.92 Å². The minimum atomic E-state index is -0.688. The van der Waals surface area contributed by atoms with E-state index >= 15 is 0 Å². The number of halogens is 2. The van der Waals surface area contributed by atoms with Crippen LogP contribution in [0.4, 0.5) is 0 Å². The van der Waals surface area contributed by atoms with E-state index in [1.54, 1.807) is 30.3 Å². The quantitative estimate of drug-likeness (QED) is 0.846. The highest BCUT2D eigenvalue weighted by atomic mass is 35.5. The fourth-order valence-corrected chi connectivity index (χ4v) is 2.28. The summed E-state index contributed by atoms with van der Waals surface area (Å²) in [6.45, 7) is 1.52. The van der Waals surface area contributed by atoms with Gasteiger partial charge in [0, 0.05) is 12.0 Å². The number of Topliss-reactive ketones (excluding diaryl/α,β-unsaturated/α-hetero) is 1. The monoisotopic (exact) mass is 308 g/mol. The van der Waals surface area contributed by atoms with Gasteiger partial charge in [0.2, 0.25) is 0 Å². The van der Waals surface area contributed by atoms with E-state index in [1.807, 2.05) is 12.1 Å². The van der Waals surface area contributed by atoms with Gasteiger partial charge in [-0.1, -0.05) is 47.5 Å². The summed E-state index contributed by atoms with van der Waals surface area (Å²) in [7, 11) is 0. The predicted octanol–water partition coefficient (Wildman–Crippen LogP) is 4.47. The van der Waals surface area contributed by atoms with Crippen LogP contribution in [0.1, 0.15) is 34.5 Å². The van der Waals surface area contributed by atoms with Crippen molar-refractivity contribution in [1.29, 1.82) is 0 Å². The highest BCUT2D eigenvalue weighted by molar-refractivity contribution is 6.42. The van der Waals surface area contributed by atoms with E-state index in [0.717, 1.165) is 5.56 Å². The molecule has 0 spiro atoms. The SMILES string of the molecule is CC(=O)c1cccc(CC(O)c2ccc(Cl)c(Cl)c2)c1. The van der Waals surface area contributed by atoms with Gasteiger partial charge in [-0.25, -0.2) is 0 Å². The van der Waals surface area contributed by atoms with E-state index in [0.29, 0.717) is 27.6 Å². The Labute approximate surface area is 128 Å². The fourth-order valence-electron chi connectivity index (χ4n) is 1.98. The number of carbonyl (C=O) groups is 1. The van der Waals surface area contributed by atoms with Crippen molar-refractivity contribution in [2.45, 2.75) is 19.4 Å². The Bertz CT molecular complexity index is 638. The van der Waals surface area contributed by atoms with Crippen LogP contribution in [0.25, 0.3) is 0 Å². The lowest BCUT2D eigenvalue weighted by Gasteiger charge is -2.12. The first-order chi connectivity index (χ1) is 9.47. The third-order valence-electron chi connectivity index (χ3n) is 3.09. The minimum absolute atomic E-state index is 0.0101. The molecular formula is C16H14Cl2O2. The summed E-state index contributed by atoms with van der Waals surface area (Å²) in [4.78, 5) is 11.3. The average molecular weight is 309 g/mol. The maximum Gasteiger partial charge on any atom is 0.159 e. The molecule has 20 heavy (non-hydrogen) atoms. The third-order valence-corrected chi connectivity index (χ3v) is 3.83. The molecule has 0 saturated heterocycles. The average Bonchev–Trinajstić information content (AvgIpc) is 2.42. The molecule has 1 N–H and O–H groups in total. The second kappa shape index (κ2) is 6.40. The van der Waals surface area contributed by atoms with Crippen molar-refractivity contribution in [2.75, 3.05) is 0 Å². The topological polar surface area (TPSA) is 37.3 Å². The smallest absolute Gasteiger partial charge is 0.159 e. The number of hydrogen-bond donors (Lipinski definition) is 1. The van der Waals surface area contributed by atoms with Crippen molar-refractivity contribution in [3.63, 3.8) is 0 Å². The van der Waals surface area contributed by atoms with Gasteiger partial charge in [0.25, 0.3) is 0 Å². The normalized spacial score (nSPS) is 12.2. The molecule has 2 aromatic rings. The molecule has 0 aliphatic heterocycles. The molecule has 0 heterocycles. The van der Waals surface area contributed by atoms with E-state index in [2.05, 4.69) is 0 Å². The standard InChI is InChI=1S/C16H14Cl2O2/c1-10(19)12-4-2-3-11(7-12)8-16(20)13-5-6-14(17)15(18)9-13/h2-7,9,16,20H,8H2,1H3. The van der Waals surface area contributed by atoms with Crippen LogP contribution in [0, 0.1) is 0 Å². The zero-order chi connectivity index (χ0) is 14.7. The number of ketones is 1. The van der Waals surface area contributed by atoms with Crippen LogP contribution < -0.4 is 0 Å². The molecule has 0 aliphatic carbocycles. The van der Waals surface area contributed by atoms with Crippen LogP contribution in [0.5, 0.6) is 0 Å². The molecule has 2 rings (SSSR count). The molecule has 0 bridgehead atoms. The van der Waals surface area contributed by atoms with Crippen LogP contribution in [-0.4, -0.2) is 10.9 Å². The lowest BCUT2D eigenvalue weighted by Crippen LogP contribution is -2.03. The van der Waals surface area contributed by atoms with Crippen molar-refractivity contribution in [3.05, 3.63) is 69.2 Å². The van der Waals surface area contributed by atoms with Crippen molar-refractivity contribution >= 4 is 29.0 Å². The molecular weight excluding hydrogens is 295 g/mol. The summed E-state index contributed by atoms with van der Waals surface area (Å²) in [6, 6.07) is 12.3. The molecule has 1 unspecified atom stereocenters. The lowest BCUT2D eigenvalue weighted by molar-refractivity contribution is 0.101. The molecule has 1 atom stereocenters. The molecule has 0 aromatic heterocycles. The summed E-state index contributed by atoms with van der Waals surface area (Å²) >= 11 is 11.8. The number of carbonyl (C=O) groups excluding carboxylic acids is 1. The van der Waals surface area contributed by atoms with Gasteiger partial charge in [-0.15, -0.1) is 0 Å². The summed E-state index contributed by atoms with van der Waals surface area (Å²) in [5.74, 6) is 0.0101. The van der Waals surface area contributed by atoms with E-state index in [4.69, 9.17) is 23.2 Å². The van der Waals surface area contributed by atoms with Crippen molar-refractivity contribution < 1.29 is 9.90 Å². The Hall–Kier alpha value is -1.35. The Morgan fingerprint density at radius 3 is 2.55 bits per heavy atom. The van der Waals surface area contributed by atoms with Gasteiger partial charge in [0.1, 0.15) is 0 Å². The number of aliphatic hydroxyl groups excluding tert-OH is 1. The first-order valence-corrected chi connectivity index (χ1v) is 6.96. The van der Waals surface area contributed by atoms with Crippen LogP contribution in [0.15, 0.2) is 42.5 Å². The Morgan fingerprint density at radius 2 is 1.90 bits per heavy atom. The minimum Gasteiger partial charge on any atom is -0.388 e. The number of benzene rings is 2. The number of aliphatic hydroxyl groups is 1. The number of rotatable bonds is 4. The lowest BCUT2D eigenvalue weighted by atomic mass is 9.99. The van der Waals surface area contributed by atoms with Crippen LogP contribution in [-0.2, 0) is 6.42 Å². The first-order valence-electron chi connectivity index (χ1n) is 6.20. The summed E-state index contributed by atoms with van der Waals surface area (Å²) in [6.07, 6.45) is -0.272. The van der Waals surface area contributed by atoms with E-state index in [9.17, 15) is 9.90 Å². The fraction of sp³-hybridized carbons (Fsp3) is 0.188. The number of hydrogen-bond acceptors (Lipinski definition) is 2. The maximum atomic E-state index is 11.3. The highest BCUT2D eigenvalue weighted by Gasteiger charge is 2.11. The van der Waals surface area contributed by atoms with Crippen LogP contribution in [0.2, 0.25) is 10.0 Å². The van der Waals surface area contributed by atoms with Crippen molar-refractivity contribution in [3.8, 4) is 0 Å². The zero-order valence-electron chi connectivity index (χ0n) is 10.9. The largest absolute Gasteiger partial charge is 0.388 e. The Balaban J connectivity index is 2.18. The summed E-state index contributed by atoms with van der Waals surface area (Å²) in [5.41, 5.74) is 2.24. The van der Waals surface area contributed by atoms with Gasteiger partial charge in [-0.3, -0.25) is 4.79 Å². The third kappa shape index (κ3) is 3.60. The van der Waals surface area contributed by atoms with Crippen LogP contribution >= 0.6 is 23.2 Å². The maximum absolute atomic E-state index is 11.3. The molecule has 0 aliphatic rings. The molecule has 2 nitrogen and oxygen atoms in total. The van der Waals surface area contributed by atoms with Gasteiger partial charge in [-0.05, 0) is 36.2 Å². The second-order valence-electron chi connectivity index (χ2n) is 4.65. The van der Waals surface area contributed by atoms with Gasteiger partial charge in [0.05, 0.1) is 16.1 Å². The molecule has 0 saturated carbocycles. The van der Waals surface area contributed by atoms with Gasteiger partial charge >= 0.3 is 0 Å². The molecule has 0 amide bonds. The molecule has 0 fully saturated rings. The summed E-state index contributed by atoms with van der Waals surface area (Å²) in [5, 5.41) is 11.1.